The van der Waals surface area contributed by atoms with Crippen LogP contribution in [0.3, 0.4) is 0 Å². The molecule has 5 heteroatoms. The Bertz CT molecular complexity index is 597. The molecule has 2 bridgehead atoms. The molecule has 1 aromatic rings. The van der Waals surface area contributed by atoms with Gasteiger partial charge in [0.15, 0.2) is 0 Å². The predicted octanol–water partition coefficient (Wildman–Crippen LogP) is 1.78. The zero-order valence-corrected chi connectivity index (χ0v) is 10.6. The summed E-state index contributed by atoms with van der Waals surface area (Å²) < 4.78 is 5.58. The van der Waals surface area contributed by atoms with E-state index in [1.54, 1.807) is 24.3 Å². The second kappa shape index (κ2) is 3.68. The van der Waals surface area contributed by atoms with Gasteiger partial charge in [-0.1, -0.05) is 35.9 Å². The van der Waals surface area contributed by atoms with Crippen molar-refractivity contribution in [3.05, 3.63) is 41.4 Å². The molecule has 4 nitrogen and oxygen atoms in total. The zero-order valence-electron chi connectivity index (χ0n) is 9.82. The van der Waals surface area contributed by atoms with Crippen molar-refractivity contribution in [3.63, 3.8) is 0 Å². The quantitative estimate of drug-likeness (QED) is 0.580. The Morgan fingerprint density at radius 1 is 1.00 bits per heavy atom. The Balaban J connectivity index is 1.79. The van der Waals surface area contributed by atoms with Crippen LogP contribution >= 0.6 is 11.6 Å². The maximum Gasteiger partial charge on any atom is 0.240 e. The number of nitrogens with zero attached hydrogens (tertiary/aromatic N) is 1. The fourth-order valence-corrected chi connectivity index (χ4v) is 3.39. The summed E-state index contributed by atoms with van der Waals surface area (Å²) in [7, 11) is 0. The van der Waals surface area contributed by atoms with Crippen molar-refractivity contribution in [3.8, 4) is 0 Å². The van der Waals surface area contributed by atoms with E-state index in [1.165, 1.54) is 4.90 Å². The van der Waals surface area contributed by atoms with Gasteiger partial charge in [-0.15, -0.1) is 0 Å². The number of amides is 2. The number of para-hydroxylation sites is 1. The van der Waals surface area contributed by atoms with E-state index in [-0.39, 0.29) is 24.0 Å². The maximum atomic E-state index is 12.5. The number of fused-ring (bicyclic) bond motifs is 5. The monoisotopic (exact) mass is 275 g/mol. The number of hydrogen-bond donors (Lipinski definition) is 0. The number of carbonyl (C=O) groups is 2. The van der Waals surface area contributed by atoms with Gasteiger partial charge in [0.05, 0.1) is 34.8 Å². The van der Waals surface area contributed by atoms with Gasteiger partial charge in [-0.2, -0.15) is 0 Å². The molecule has 3 aliphatic rings. The molecule has 0 aliphatic carbocycles. The van der Waals surface area contributed by atoms with Crippen molar-refractivity contribution in [2.75, 3.05) is 4.90 Å². The molecular weight excluding hydrogens is 266 g/mol. The lowest BCUT2D eigenvalue weighted by molar-refractivity contribution is -0.124. The third-order valence-corrected chi connectivity index (χ3v) is 4.32. The van der Waals surface area contributed by atoms with Crippen LogP contribution in [-0.4, -0.2) is 24.0 Å². The first-order chi connectivity index (χ1) is 9.18. The Hall–Kier alpha value is -1.65. The maximum absolute atomic E-state index is 12.5. The minimum absolute atomic E-state index is 0.208. The molecule has 0 aromatic heterocycles. The molecule has 96 valence electrons. The number of imide groups is 1. The largest absolute Gasteiger partial charge is 0.365 e. The Kier molecular flexibility index (Phi) is 2.17. The van der Waals surface area contributed by atoms with Gasteiger partial charge in [0.25, 0.3) is 0 Å². The third-order valence-electron chi connectivity index (χ3n) is 4.00. The topological polar surface area (TPSA) is 46.6 Å². The molecule has 0 saturated carbocycles. The molecule has 0 spiro atoms. The van der Waals surface area contributed by atoms with Crippen molar-refractivity contribution >= 4 is 29.1 Å². The number of halogens is 1. The molecule has 4 unspecified atom stereocenters. The molecule has 1 aromatic carbocycles. The van der Waals surface area contributed by atoms with E-state index >= 15 is 0 Å². The highest BCUT2D eigenvalue weighted by atomic mass is 35.5. The van der Waals surface area contributed by atoms with Gasteiger partial charge in [0.1, 0.15) is 0 Å². The summed E-state index contributed by atoms with van der Waals surface area (Å²) in [4.78, 5) is 26.2. The van der Waals surface area contributed by atoms with Crippen LogP contribution in [0.25, 0.3) is 0 Å². The summed E-state index contributed by atoms with van der Waals surface area (Å²) in [5, 5.41) is 0.408. The van der Waals surface area contributed by atoms with Crippen molar-refractivity contribution in [1.82, 2.24) is 0 Å². The van der Waals surface area contributed by atoms with Crippen LogP contribution in [0, 0.1) is 11.8 Å². The van der Waals surface area contributed by atoms with E-state index in [4.69, 9.17) is 16.3 Å². The fraction of sp³-hybridized carbons (Fsp3) is 0.286. The second-order valence-corrected chi connectivity index (χ2v) is 5.37. The normalized spacial score (nSPS) is 35.3. The van der Waals surface area contributed by atoms with Crippen molar-refractivity contribution in [1.29, 1.82) is 0 Å². The number of benzene rings is 1. The van der Waals surface area contributed by atoms with E-state index in [0.717, 1.165) is 0 Å². The lowest BCUT2D eigenvalue weighted by atomic mass is 9.85. The molecule has 3 heterocycles. The van der Waals surface area contributed by atoms with Crippen molar-refractivity contribution < 1.29 is 14.3 Å². The van der Waals surface area contributed by atoms with Gasteiger partial charge in [-0.05, 0) is 12.1 Å². The summed E-state index contributed by atoms with van der Waals surface area (Å²) in [6.45, 7) is 0. The van der Waals surface area contributed by atoms with Gasteiger partial charge in [-0.3, -0.25) is 9.59 Å². The Morgan fingerprint density at radius 3 is 2.16 bits per heavy atom. The Labute approximate surface area is 114 Å². The Morgan fingerprint density at radius 2 is 1.58 bits per heavy atom. The fourth-order valence-electron chi connectivity index (χ4n) is 3.17. The van der Waals surface area contributed by atoms with E-state index in [2.05, 4.69) is 0 Å². The summed E-state index contributed by atoms with van der Waals surface area (Å²) in [6, 6.07) is 6.90. The van der Waals surface area contributed by atoms with Crippen LogP contribution in [0.5, 0.6) is 0 Å². The van der Waals surface area contributed by atoms with Gasteiger partial charge >= 0.3 is 0 Å². The lowest BCUT2D eigenvalue weighted by Crippen LogP contribution is -2.34. The lowest BCUT2D eigenvalue weighted by Gasteiger charge is -2.18. The summed E-state index contributed by atoms with van der Waals surface area (Å²) in [5.74, 6) is -1.20. The van der Waals surface area contributed by atoms with Crippen molar-refractivity contribution in [2.24, 2.45) is 11.8 Å². The average Bonchev–Trinajstić information content (AvgIpc) is 3.06. The van der Waals surface area contributed by atoms with Crippen LogP contribution in [-0.2, 0) is 14.3 Å². The first-order valence-electron chi connectivity index (χ1n) is 6.14. The highest BCUT2D eigenvalue weighted by molar-refractivity contribution is 6.36. The third kappa shape index (κ3) is 1.33. The minimum Gasteiger partial charge on any atom is -0.365 e. The van der Waals surface area contributed by atoms with E-state index in [9.17, 15) is 9.59 Å². The van der Waals surface area contributed by atoms with Crippen LogP contribution in [0.2, 0.25) is 5.02 Å². The van der Waals surface area contributed by atoms with Crippen LogP contribution < -0.4 is 4.90 Å². The standard InChI is InChI=1S/C14H10ClNO3/c15-7-3-1-2-4-8(7)16-13(17)11-9-5-6-10(19-9)12(11)14(16)18/h1-6,9-12H. The van der Waals surface area contributed by atoms with Crippen LogP contribution in [0.4, 0.5) is 5.69 Å². The summed E-state index contributed by atoms with van der Waals surface area (Å²) >= 11 is 6.09. The van der Waals surface area contributed by atoms with E-state index < -0.39 is 11.8 Å². The molecule has 4 atom stereocenters. The molecule has 4 rings (SSSR count). The predicted molar refractivity (Wildman–Crippen MR) is 68.7 cm³/mol. The number of ether oxygens (including phenoxy) is 1. The number of anilines is 1. The van der Waals surface area contributed by atoms with Gasteiger partial charge in [0, 0.05) is 0 Å². The average molecular weight is 276 g/mol. The van der Waals surface area contributed by atoms with Gasteiger partial charge in [0.2, 0.25) is 11.8 Å². The van der Waals surface area contributed by atoms with Crippen molar-refractivity contribution in [2.45, 2.75) is 12.2 Å². The molecule has 2 saturated heterocycles. The first-order valence-corrected chi connectivity index (χ1v) is 6.52. The molecule has 3 aliphatic heterocycles. The molecule has 19 heavy (non-hydrogen) atoms. The van der Waals surface area contributed by atoms with E-state index in [1.807, 2.05) is 12.2 Å². The molecular formula is C14H10ClNO3. The molecule has 0 radical (unpaired) electrons. The smallest absolute Gasteiger partial charge is 0.240 e. The molecule has 2 amide bonds. The van der Waals surface area contributed by atoms with E-state index in [0.29, 0.717) is 10.7 Å². The molecule has 0 N–H and O–H groups in total. The number of rotatable bonds is 1. The first kappa shape index (κ1) is 11.2. The summed E-state index contributed by atoms with van der Waals surface area (Å²) in [6.07, 6.45) is 3.21. The molecule has 2 fully saturated rings. The van der Waals surface area contributed by atoms with Crippen LogP contribution in [0.15, 0.2) is 36.4 Å². The number of carbonyl (C=O) groups excluding carboxylic acids is 2. The highest BCUT2D eigenvalue weighted by Crippen LogP contribution is 2.47. The zero-order chi connectivity index (χ0) is 13.1. The summed E-state index contributed by atoms with van der Waals surface area (Å²) in [5.41, 5.74) is 0.466. The van der Waals surface area contributed by atoms with Gasteiger partial charge in [-0.25, -0.2) is 4.90 Å². The van der Waals surface area contributed by atoms with Gasteiger partial charge < -0.3 is 4.74 Å². The number of hydrogen-bond acceptors (Lipinski definition) is 3. The second-order valence-electron chi connectivity index (χ2n) is 4.97. The minimum atomic E-state index is -0.390. The SMILES string of the molecule is O=C1C2C3C=CC(O3)C2C(=O)N1c1ccccc1Cl. The highest BCUT2D eigenvalue weighted by Gasteiger charge is 2.61. The van der Waals surface area contributed by atoms with Crippen LogP contribution in [0.1, 0.15) is 0 Å².